The van der Waals surface area contributed by atoms with Gasteiger partial charge in [-0.05, 0) is 57.3 Å². The molecule has 1 aromatic rings. The predicted octanol–water partition coefficient (Wildman–Crippen LogP) is 2.94. The van der Waals surface area contributed by atoms with Gasteiger partial charge in [-0.15, -0.1) is 0 Å². The minimum absolute atomic E-state index is 0.0519. The number of halogens is 2. The van der Waals surface area contributed by atoms with Gasteiger partial charge >= 0.3 is 5.97 Å². The normalized spacial score (nSPS) is 8.89. The minimum atomic E-state index is -0.998. The second-order valence-electron chi connectivity index (χ2n) is 3.05. The van der Waals surface area contributed by atoms with Crippen LogP contribution in [0.25, 0.3) is 0 Å². The lowest BCUT2D eigenvalue weighted by Crippen LogP contribution is -2.02. The number of carbonyl (C=O) groups is 1. The number of anilines is 1. The molecule has 1 aromatic carbocycles. The topological polar surface area (TPSA) is 96.9 Å². The van der Waals surface area contributed by atoms with E-state index < -0.39 is 5.97 Å². The predicted molar refractivity (Wildman–Crippen MR) is 81.8 cm³/mol. The Labute approximate surface area is 130 Å². The lowest BCUT2D eigenvalue weighted by molar-refractivity contribution is 0.0696. The first-order valence-electron chi connectivity index (χ1n) is 4.48. The zero-order valence-electron chi connectivity index (χ0n) is 8.74. The maximum absolute atomic E-state index is 10.9. The summed E-state index contributed by atoms with van der Waals surface area (Å²) >= 11 is 3.98. The molecule has 0 amide bonds. The SMILES string of the molecule is N#CC(C#N)=CNc1c(I)cc(C(=O)O)cc1I. The molecule has 0 spiro atoms. The second-order valence-corrected chi connectivity index (χ2v) is 5.37. The molecule has 0 atom stereocenters. The van der Waals surface area contributed by atoms with Gasteiger partial charge in [-0.1, -0.05) is 0 Å². The summed E-state index contributed by atoms with van der Waals surface area (Å²) in [6.45, 7) is 0. The average Bonchev–Trinajstić information content (AvgIpc) is 2.32. The van der Waals surface area contributed by atoms with Crippen molar-refractivity contribution < 1.29 is 9.90 Å². The van der Waals surface area contributed by atoms with E-state index in [0.29, 0.717) is 12.8 Å². The molecule has 0 bridgehead atoms. The maximum Gasteiger partial charge on any atom is 0.335 e. The van der Waals surface area contributed by atoms with E-state index in [4.69, 9.17) is 15.6 Å². The molecule has 7 heteroatoms. The van der Waals surface area contributed by atoms with Crippen molar-refractivity contribution >= 4 is 56.8 Å². The summed E-state index contributed by atoms with van der Waals surface area (Å²) in [6, 6.07) is 6.49. The van der Waals surface area contributed by atoms with Gasteiger partial charge in [0.15, 0.2) is 0 Å². The van der Waals surface area contributed by atoms with Crippen LogP contribution in [-0.4, -0.2) is 11.1 Å². The molecule has 0 saturated carbocycles. The smallest absolute Gasteiger partial charge is 0.335 e. The molecule has 0 heterocycles. The Kier molecular flexibility index (Phi) is 5.37. The average molecular weight is 465 g/mol. The largest absolute Gasteiger partial charge is 0.478 e. The van der Waals surface area contributed by atoms with Gasteiger partial charge in [0, 0.05) is 13.3 Å². The first kappa shape index (κ1) is 14.7. The fourth-order valence-electron chi connectivity index (χ4n) is 1.07. The highest BCUT2D eigenvalue weighted by molar-refractivity contribution is 14.1. The molecule has 0 radical (unpaired) electrons. The van der Waals surface area contributed by atoms with E-state index in [0.717, 1.165) is 0 Å². The summed E-state index contributed by atoms with van der Waals surface area (Å²) in [4.78, 5) is 10.9. The number of nitrogens with one attached hydrogen (secondary N) is 1. The van der Waals surface area contributed by atoms with E-state index in [1.54, 1.807) is 12.1 Å². The Bertz CT molecular complexity index is 573. The number of nitrogens with zero attached hydrogens (tertiary/aromatic N) is 2. The van der Waals surface area contributed by atoms with Crippen LogP contribution in [0.5, 0.6) is 0 Å². The Balaban J connectivity index is 3.14. The Hall–Kier alpha value is -1.33. The highest BCUT2D eigenvalue weighted by atomic mass is 127. The van der Waals surface area contributed by atoms with Crippen molar-refractivity contribution in [2.24, 2.45) is 0 Å². The van der Waals surface area contributed by atoms with Crippen molar-refractivity contribution in [1.82, 2.24) is 0 Å². The number of hydrogen-bond donors (Lipinski definition) is 2. The molecular formula is C11H5I2N3O2. The van der Waals surface area contributed by atoms with Crippen LogP contribution in [0.15, 0.2) is 23.9 Å². The third-order valence-corrected chi connectivity index (χ3v) is 3.59. The van der Waals surface area contributed by atoms with E-state index in [9.17, 15) is 4.79 Å². The zero-order chi connectivity index (χ0) is 13.7. The number of aromatic carboxylic acids is 1. The van der Waals surface area contributed by atoms with Crippen LogP contribution >= 0.6 is 45.2 Å². The number of hydrogen-bond acceptors (Lipinski definition) is 4. The molecule has 0 saturated heterocycles. The second kappa shape index (κ2) is 6.56. The molecule has 90 valence electrons. The van der Waals surface area contributed by atoms with Gasteiger partial charge < -0.3 is 10.4 Å². The van der Waals surface area contributed by atoms with E-state index in [1.165, 1.54) is 18.3 Å². The van der Waals surface area contributed by atoms with Gasteiger partial charge in [-0.25, -0.2) is 4.79 Å². The Morgan fingerprint density at radius 3 is 2.17 bits per heavy atom. The van der Waals surface area contributed by atoms with E-state index in [-0.39, 0.29) is 11.1 Å². The monoisotopic (exact) mass is 465 g/mol. The van der Waals surface area contributed by atoms with Gasteiger partial charge in [0.2, 0.25) is 0 Å². The first-order chi connectivity index (χ1) is 8.49. The molecular weight excluding hydrogens is 460 g/mol. The summed E-state index contributed by atoms with van der Waals surface area (Å²) in [6.07, 6.45) is 1.29. The van der Waals surface area contributed by atoms with Crippen LogP contribution in [0.2, 0.25) is 0 Å². The number of carboxylic acid groups (broad SMARTS) is 1. The quantitative estimate of drug-likeness (QED) is 0.529. The standard InChI is InChI=1S/C11H5I2N3O2/c12-8-1-7(11(17)18)2-9(13)10(8)16-5-6(3-14)4-15/h1-2,5,16H,(H,17,18). The van der Waals surface area contributed by atoms with Crippen LogP contribution in [0.1, 0.15) is 10.4 Å². The fraction of sp³-hybridized carbons (Fsp3) is 0. The minimum Gasteiger partial charge on any atom is -0.478 e. The van der Waals surface area contributed by atoms with Crippen LogP contribution in [0.3, 0.4) is 0 Å². The molecule has 0 fully saturated rings. The van der Waals surface area contributed by atoms with E-state index in [2.05, 4.69) is 5.32 Å². The highest BCUT2D eigenvalue weighted by Gasteiger charge is 2.10. The third-order valence-electron chi connectivity index (χ3n) is 1.89. The molecule has 1 rings (SSSR count). The van der Waals surface area contributed by atoms with Crippen LogP contribution in [-0.2, 0) is 0 Å². The molecule has 18 heavy (non-hydrogen) atoms. The van der Waals surface area contributed by atoms with Crippen molar-refractivity contribution in [3.63, 3.8) is 0 Å². The van der Waals surface area contributed by atoms with Crippen LogP contribution in [0, 0.1) is 29.8 Å². The fourth-order valence-corrected chi connectivity index (χ4v) is 3.15. The first-order valence-corrected chi connectivity index (χ1v) is 6.64. The lowest BCUT2D eigenvalue weighted by atomic mass is 10.2. The Morgan fingerprint density at radius 2 is 1.78 bits per heavy atom. The van der Waals surface area contributed by atoms with Crippen molar-refractivity contribution in [2.45, 2.75) is 0 Å². The van der Waals surface area contributed by atoms with E-state index in [1.807, 2.05) is 45.2 Å². The maximum atomic E-state index is 10.9. The van der Waals surface area contributed by atoms with Gasteiger partial charge in [-0.3, -0.25) is 0 Å². The molecule has 0 aliphatic carbocycles. The Morgan fingerprint density at radius 1 is 1.28 bits per heavy atom. The zero-order valence-corrected chi connectivity index (χ0v) is 13.1. The van der Waals surface area contributed by atoms with Crippen molar-refractivity contribution in [3.05, 3.63) is 36.6 Å². The molecule has 0 aliphatic rings. The number of allylic oxidation sites excluding steroid dienone is 1. The summed E-state index contributed by atoms with van der Waals surface area (Å²) in [5.41, 5.74) is 0.812. The molecule has 0 aliphatic heterocycles. The lowest BCUT2D eigenvalue weighted by Gasteiger charge is -2.08. The number of carboxylic acids is 1. The van der Waals surface area contributed by atoms with Crippen molar-refractivity contribution in [3.8, 4) is 12.1 Å². The molecule has 2 N–H and O–H groups in total. The summed E-state index contributed by atoms with van der Waals surface area (Å²) in [7, 11) is 0. The van der Waals surface area contributed by atoms with Gasteiger partial charge in [0.05, 0.1) is 11.3 Å². The molecule has 0 aromatic heterocycles. The summed E-state index contributed by atoms with van der Waals surface area (Å²) < 4.78 is 1.40. The highest BCUT2D eigenvalue weighted by Crippen LogP contribution is 2.26. The van der Waals surface area contributed by atoms with Crippen molar-refractivity contribution in [1.29, 1.82) is 10.5 Å². The summed E-state index contributed by atoms with van der Waals surface area (Å²) in [5, 5.41) is 28.9. The molecule has 0 unspecified atom stereocenters. The number of benzene rings is 1. The third kappa shape index (κ3) is 3.58. The van der Waals surface area contributed by atoms with Gasteiger partial charge in [0.1, 0.15) is 17.7 Å². The number of rotatable bonds is 3. The molecule has 5 nitrogen and oxygen atoms in total. The van der Waals surface area contributed by atoms with Gasteiger partial charge in [0.25, 0.3) is 0 Å². The van der Waals surface area contributed by atoms with Gasteiger partial charge in [-0.2, -0.15) is 10.5 Å². The van der Waals surface area contributed by atoms with Crippen LogP contribution in [0.4, 0.5) is 5.69 Å². The number of nitriles is 2. The summed E-state index contributed by atoms with van der Waals surface area (Å²) in [5.74, 6) is -0.998. The van der Waals surface area contributed by atoms with Crippen molar-refractivity contribution in [2.75, 3.05) is 5.32 Å². The van der Waals surface area contributed by atoms with Crippen LogP contribution < -0.4 is 5.32 Å². The van der Waals surface area contributed by atoms with E-state index >= 15 is 0 Å².